The second-order valence-corrected chi connectivity index (χ2v) is 10.2. The minimum Gasteiger partial charge on any atom is -0.493 e. The third kappa shape index (κ3) is 6.00. The Kier molecular flexibility index (Phi) is 8.88. The Bertz CT molecular complexity index is 1300. The highest BCUT2D eigenvalue weighted by molar-refractivity contribution is 6.08. The summed E-state index contributed by atoms with van der Waals surface area (Å²) >= 11 is 0. The number of amides is 2. The van der Waals surface area contributed by atoms with Gasteiger partial charge in [0.2, 0.25) is 0 Å². The number of anilines is 1. The maximum absolute atomic E-state index is 13.6. The molecule has 0 saturated heterocycles. The number of amidine groups is 1. The molecule has 2 aromatic carbocycles. The highest BCUT2D eigenvalue weighted by Crippen LogP contribution is 2.41. The summed E-state index contributed by atoms with van der Waals surface area (Å²) in [4.78, 5) is 40.9. The molecule has 0 aliphatic carbocycles. The van der Waals surface area contributed by atoms with E-state index in [4.69, 9.17) is 14.9 Å². The third-order valence-corrected chi connectivity index (χ3v) is 6.57. The predicted octanol–water partition coefficient (Wildman–Crippen LogP) is 4.67. The number of Topliss-reactive ketones (excluding diaryl/α,β-unsaturated/α-hetero) is 1. The molecule has 1 heterocycles. The average Bonchev–Trinajstić information content (AvgIpc) is 3.17. The number of carbonyl (C=O) groups excluding carboxylic acids is 2. The number of ether oxygens (including phenoxy) is 2. The van der Waals surface area contributed by atoms with E-state index in [0.29, 0.717) is 59.2 Å². The summed E-state index contributed by atoms with van der Waals surface area (Å²) in [5.74, 6) is 0.355. The molecule has 0 saturated carbocycles. The molecule has 3 rings (SSSR count). The lowest BCUT2D eigenvalue weighted by molar-refractivity contribution is 0.0953. The summed E-state index contributed by atoms with van der Waals surface area (Å²) < 4.78 is 11.5. The first-order valence-electron chi connectivity index (χ1n) is 13.1. The maximum Gasteiger partial charge on any atom is 0.411 e. The fourth-order valence-electron chi connectivity index (χ4n) is 4.69. The van der Waals surface area contributed by atoms with Gasteiger partial charge in [-0.2, -0.15) is 0 Å². The van der Waals surface area contributed by atoms with E-state index >= 15 is 0 Å². The molecular weight excluding hydrogens is 500 g/mol. The number of fused-ring (bicyclic) bond motifs is 1. The Hall–Kier alpha value is -4.08. The lowest BCUT2D eigenvalue weighted by atomic mass is 9.83. The smallest absolute Gasteiger partial charge is 0.411 e. The summed E-state index contributed by atoms with van der Waals surface area (Å²) in [7, 11) is 1.53. The Morgan fingerprint density at radius 1 is 1.05 bits per heavy atom. The van der Waals surface area contributed by atoms with Crippen molar-refractivity contribution in [2.45, 2.75) is 53.5 Å². The molecule has 3 N–H and O–H groups in total. The molecule has 0 aromatic heterocycles. The summed E-state index contributed by atoms with van der Waals surface area (Å²) in [6, 6.07) is 6.71. The molecule has 0 radical (unpaired) electrons. The van der Waals surface area contributed by atoms with Crippen molar-refractivity contribution in [3.63, 3.8) is 0 Å². The SMILES string of the molecule is CCOc1cc2c(cc1C(=O)NC)C(=N)N(CC(=O)c1cc(OCC)c(N(CC)C(=O)O)c(C(C)(C)C)c1)C2. The van der Waals surface area contributed by atoms with Gasteiger partial charge in [0.15, 0.2) is 5.78 Å². The van der Waals surface area contributed by atoms with E-state index < -0.39 is 11.5 Å². The van der Waals surface area contributed by atoms with Crippen molar-refractivity contribution in [2.75, 3.05) is 38.3 Å². The van der Waals surface area contributed by atoms with Crippen LogP contribution < -0.4 is 19.7 Å². The van der Waals surface area contributed by atoms with Gasteiger partial charge in [-0.25, -0.2) is 4.79 Å². The lowest BCUT2D eigenvalue weighted by Gasteiger charge is -2.30. The molecule has 10 heteroatoms. The molecule has 1 aliphatic heterocycles. The minimum absolute atomic E-state index is 0.0717. The maximum atomic E-state index is 13.6. The largest absolute Gasteiger partial charge is 0.493 e. The van der Waals surface area contributed by atoms with Crippen LogP contribution in [0.2, 0.25) is 0 Å². The van der Waals surface area contributed by atoms with Crippen LogP contribution in [-0.4, -0.2) is 67.0 Å². The molecule has 39 heavy (non-hydrogen) atoms. The van der Waals surface area contributed by atoms with Crippen LogP contribution in [0.15, 0.2) is 24.3 Å². The molecule has 0 atom stereocenters. The quantitative estimate of drug-likeness (QED) is 0.375. The van der Waals surface area contributed by atoms with Gasteiger partial charge < -0.3 is 24.8 Å². The van der Waals surface area contributed by atoms with Crippen molar-refractivity contribution in [3.05, 3.63) is 52.1 Å². The van der Waals surface area contributed by atoms with Gasteiger partial charge in [0.1, 0.15) is 17.3 Å². The van der Waals surface area contributed by atoms with E-state index in [1.807, 2.05) is 27.7 Å². The third-order valence-electron chi connectivity index (χ3n) is 6.57. The van der Waals surface area contributed by atoms with Crippen LogP contribution in [0.25, 0.3) is 0 Å². The van der Waals surface area contributed by atoms with Gasteiger partial charge in [0.05, 0.1) is 31.0 Å². The molecule has 0 unspecified atom stereocenters. The Labute approximate surface area is 229 Å². The highest BCUT2D eigenvalue weighted by atomic mass is 16.5. The summed E-state index contributed by atoms with van der Waals surface area (Å²) in [6.07, 6.45) is -1.10. The number of nitrogens with zero attached hydrogens (tertiary/aromatic N) is 2. The topological polar surface area (TPSA) is 132 Å². The van der Waals surface area contributed by atoms with Crippen molar-refractivity contribution >= 4 is 29.3 Å². The van der Waals surface area contributed by atoms with Crippen LogP contribution in [0.1, 0.15) is 78.9 Å². The predicted molar refractivity (Wildman–Crippen MR) is 150 cm³/mol. The van der Waals surface area contributed by atoms with Crippen LogP contribution in [-0.2, 0) is 12.0 Å². The number of rotatable bonds is 10. The zero-order chi connectivity index (χ0) is 29.1. The fraction of sp³-hybridized carbons (Fsp3) is 0.448. The zero-order valence-electron chi connectivity index (χ0n) is 23.7. The van der Waals surface area contributed by atoms with E-state index in [2.05, 4.69) is 5.32 Å². The first kappa shape index (κ1) is 29.5. The molecule has 1 aliphatic rings. The van der Waals surface area contributed by atoms with Gasteiger partial charge >= 0.3 is 6.09 Å². The molecule has 10 nitrogen and oxygen atoms in total. The second-order valence-electron chi connectivity index (χ2n) is 10.2. The number of nitrogens with one attached hydrogen (secondary N) is 2. The second kappa shape index (κ2) is 11.8. The van der Waals surface area contributed by atoms with E-state index in [0.717, 1.165) is 5.56 Å². The normalized spacial score (nSPS) is 12.7. The Morgan fingerprint density at radius 3 is 2.23 bits per heavy atom. The van der Waals surface area contributed by atoms with Gasteiger partial charge in [0.25, 0.3) is 5.91 Å². The molecule has 2 aromatic rings. The molecule has 210 valence electrons. The number of carbonyl (C=O) groups is 3. The summed E-state index contributed by atoms with van der Waals surface area (Å²) in [6.45, 7) is 12.4. The van der Waals surface area contributed by atoms with Gasteiger partial charge in [0, 0.05) is 31.3 Å². The summed E-state index contributed by atoms with van der Waals surface area (Å²) in [5.41, 5.74) is 2.71. The van der Waals surface area contributed by atoms with Crippen LogP contribution >= 0.6 is 0 Å². The van der Waals surface area contributed by atoms with Crippen LogP contribution in [0.5, 0.6) is 11.5 Å². The first-order valence-corrected chi connectivity index (χ1v) is 13.1. The van der Waals surface area contributed by atoms with Crippen LogP contribution in [0, 0.1) is 5.41 Å². The number of carboxylic acid groups (broad SMARTS) is 1. The molecule has 0 fully saturated rings. The number of benzene rings is 2. The van der Waals surface area contributed by atoms with Crippen molar-refractivity contribution in [3.8, 4) is 11.5 Å². The van der Waals surface area contributed by atoms with Crippen molar-refractivity contribution in [2.24, 2.45) is 0 Å². The monoisotopic (exact) mass is 538 g/mol. The molecular formula is C29H38N4O6. The number of hydrogen-bond acceptors (Lipinski definition) is 6. The van der Waals surface area contributed by atoms with Crippen LogP contribution in [0.3, 0.4) is 0 Å². The van der Waals surface area contributed by atoms with Gasteiger partial charge in [-0.05, 0) is 61.6 Å². The molecule has 0 spiro atoms. The molecule has 0 bridgehead atoms. The number of hydrogen-bond donors (Lipinski definition) is 3. The van der Waals surface area contributed by atoms with Crippen molar-refractivity contribution < 1.29 is 29.0 Å². The lowest BCUT2D eigenvalue weighted by Crippen LogP contribution is -2.33. The van der Waals surface area contributed by atoms with Crippen molar-refractivity contribution in [1.29, 1.82) is 5.41 Å². The van der Waals surface area contributed by atoms with Gasteiger partial charge in [-0.3, -0.25) is 19.9 Å². The standard InChI is InChI=1S/C29H38N4O6/c1-8-33(28(36)37)25-21(29(4,5)6)11-17(12-24(25)39-10-3)22(34)16-32-15-18-13-23(38-9-2)20(27(35)31-7)14-19(18)26(32)30/h11-14,30H,8-10,15-16H2,1-7H3,(H,31,35)(H,36,37). The van der Waals surface area contributed by atoms with Crippen molar-refractivity contribution in [1.82, 2.24) is 10.2 Å². The fourth-order valence-corrected chi connectivity index (χ4v) is 4.69. The number of ketones is 1. The highest BCUT2D eigenvalue weighted by Gasteiger charge is 2.32. The van der Waals surface area contributed by atoms with E-state index in [1.54, 1.807) is 43.0 Å². The Morgan fingerprint density at radius 2 is 1.69 bits per heavy atom. The Balaban J connectivity index is 2.00. The zero-order valence-corrected chi connectivity index (χ0v) is 23.7. The first-order chi connectivity index (χ1) is 18.4. The van der Waals surface area contributed by atoms with Gasteiger partial charge in [-0.1, -0.05) is 20.8 Å². The minimum atomic E-state index is -1.10. The van der Waals surface area contributed by atoms with Crippen LogP contribution in [0.4, 0.5) is 10.5 Å². The average molecular weight is 539 g/mol. The van der Waals surface area contributed by atoms with Gasteiger partial charge in [-0.15, -0.1) is 0 Å². The summed E-state index contributed by atoms with van der Waals surface area (Å²) in [5, 5.41) is 21.2. The van der Waals surface area contributed by atoms with E-state index in [9.17, 15) is 19.5 Å². The van der Waals surface area contributed by atoms with E-state index in [1.165, 1.54) is 11.9 Å². The molecule has 2 amide bonds. The van der Waals surface area contributed by atoms with E-state index in [-0.39, 0.29) is 30.6 Å².